The Bertz CT molecular complexity index is 96.2. The number of hydrogen-bond donors (Lipinski definition) is 0. The van der Waals surface area contributed by atoms with E-state index in [0.717, 1.165) is 17.8 Å². The van der Waals surface area contributed by atoms with Gasteiger partial charge in [0.15, 0.2) is 0 Å². The molecule has 0 spiro atoms. The maximum absolute atomic E-state index is 2.41. The summed E-state index contributed by atoms with van der Waals surface area (Å²) in [6.07, 6.45) is 5.84. The lowest BCUT2D eigenvalue weighted by Gasteiger charge is -2.31. The van der Waals surface area contributed by atoms with Gasteiger partial charge in [-0.05, 0) is 24.2 Å². The van der Waals surface area contributed by atoms with E-state index in [9.17, 15) is 0 Å². The van der Waals surface area contributed by atoms with Gasteiger partial charge < -0.3 is 0 Å². The van der Waals surface area contributed by atoms with E-state index in [1.165, 1.54) is 25.7 Å². The molecule has 1 aliphatic carbocycles. The normalized spacial score (nSPS) is 41.7. The fourth-order valence-electron chi connectivity index (χ4n) is 2.03. The van der Waals surface area contributed by atoms with E-state index in [2.05, 4.69) is 20.8 Å². The molecule has 0 aromatic carbocycles. The zero-order chi connectivity index (χ0) is 7.56. The smallest absolute Gasteiger partial charge is 0.0414 e. The van der Waals surface area contributed by atoms with Gasteiger partial charge in [-0.3, -0.25) is 0 Å². The second kappa shape index (κ2) is 3.41. The molecule has 1 aliphatic rings. The van der Waals surface area contributed by atoms with Gasteiger partial charge in [0.25, 0.3) is 0 Å². The highest BCUT2D eigenvalue weighted by atomic mass is 14.3. The van der Waals surface area contributed by atoms with Crippen LogP contribution >= 0.6 is 0 Å². The fraction of sp³-hybridized carbons (Fsp3) is 1.00. The first-order chi connectivity index (χ1) is 4.74. The molecule has 1 saturated carbocycles. The third-order valence-electron chi connectivity index (χ3n) is 3.28. The van der Waals surface area contributed by atoms with E-state index < -0.39 is 0 Å². The van der Waals surface area contributed by atoms with E-state index in [-0.39, 0.29) is 0 Å². The minimum absolute atomic E-state index is 0.985. The van der Waals surface area contributed by atoms with E-state index in [1.54, 1.807) is 0 Å². The molecule has 0 aromatic rings. The fourth-order valence-corrected chi connectivity index (χ4v) is 2.03. The molecule has 1 fully saturated rings. The van der Waals surface area contributed by atoms with Crippen molar-refractivity contribution in [1.82, 2.24) is 0 Å². The highest BCUT2D eigenvalue weighted by molar-refractivity contribution is 4.74. The zero-order valence-corrected chi connectivity index (χ0v) is 7.56. The van der Waals surface area contributed by atoms with Crippen LogP contribution in [-0.2, 0) is 0 Å². The molecule has 0 saturated heterocycles. The summed E-state index contributed by atoms with van der Waals surface area (Å²) >= 11 is 0. The van der Waals surface area contributed by atoms with E-state index in [0.29, 0.717) is 0 Å². The topological polar surface area (TPSA) is 0 Å². The molecular formula is C10H20. The molecule has 0 unspecified atom stereocenters. The van der Waals surface area contributed by atoms with Crippen molar-refractivity contribution in [2.24, 2.45) is 17.8 Å². The first kappa shape index (κ1) is 8.10. The average Bonchev–Trinajstić information content (AvgIpc) is 1.95. The molecule has 0 bridgehead atoms. The van der Waals surface area contributed by atoms with Gasteiger partial charge in [0.1, 0.15) is 0 Å². The second-order valence-corrected chi connectivity index (χ2v) is 4.04. The van der Waals surface area contributed by atoms with Gasteiger partial charge in [0.2, 0.25) is 0 Å². The molecule has 0 aliphatic heterocycles. The Hall–Kier alpha value is 0. The van der Waals surface area contributed by atoms with Crippen LogP contribution in [0.4, 0.5) is 0 Å². The Kier molecular flexibility index (Phi) is 2.76. The molecule has 3 atom stereocenters. The summed E-state index contributed by atoms with van der Waals surface area (Å²) < 4.78 is 0. The van der Waals surface area contributed by atoms with Gasteiger partial charge in [-0.1, -0.05) is 40.0 Å². The van der Waals surface area contributed by atoms with Gasteiger partial charge in [0.05, 0.1) is 0 Å². The zero-order valence-electron chi connectivity index (χ0n) is 7.56. The first-order valence-corrected chi connectivity index (χ1v) is 4.74. The lowest BCUT2D eigenvalue weighted by Crippen LogP contribution is -2.19. The summed E-state index contributed by atoms with van der Waals surface area (Å²) in [5.41, 5.74) is 0. The van der Waals surface area contributed by atoms with Gasteiger partial charge in [-0.25, -0.2) is 0 Å². The summed E-state index contributed by atoms with van der Waals surface area (Å²) in [5.74, 6) is 3.02. The van der Waals surface area contributed by atoms with Crippen LogP contribution in [0.5, 0.6) is 0 Å². The van der Waals surface area contributed by atoms with Gasteiger partial charge in [-0.15, -0.1) is 0 Å². The van der Waals surface area contributed by atoms with Crippen LogP contribution in [0.1, 0.15) is 46.5 Å². The summed E-state index contributed by atoms with van der Waals surface area (Å²) in [4.78, 5) is 0. The van der Waals surface area contributed by atoms with Crippen LogP contribution in [0.3, 0.4) is 0 Å². The van der Waals surface area contributed by atoms with Crippen LogP contribution in [-0.4, -0.2) is 0 Å². The molecule has 0 heterocycles. The maximum atomic E-state index is 2.41. The quantitative estimate of drug-likeness (QED) is 0.523. The second-order valence-electron chi connectivity index (χ2n) is 4.04. The highest BCUT2D eigenvalue weighted by Crippen LogP contribution is 2.34. The van der Waals surface area contributed by atoms with Gasteiger partial charge in [-0.2, -0.15) is 0 Å². The monoisotopic (exact) mass is 140 g/mol. The standard InChI is InChI=1S/C10H20/c1-4-10-6-5-8(2)9(3)7-10/h8-10H,4-7H2,1-3H3/t8-,9+,10-/m1/s1. The molecule has 0 aromatic heterocycles. The van der Waals surface area contributed by atoms with Crippen LogP contribution in [0, 0.1) is 17.8 Å². The number of rotatable bonds is 1. The number of hydrogen-bond acceptors (Lipinski definition) is 0. The third kappa shape index (κ3) is 1.74. The summed E-state index contributed by atoms with van der Waals surface area (Å²) in [6, 6.07) is 0. The van der Waals surface area contributed by atoms with Crippen LogP contribution < -0.4 is 0 Å². The van der Waals surface area contributed by atoms with E-state index >= 15 is 0 Å². The van der Waals surface area contributed by atoms with Crippen molar-refractivity contribution in [2.45, 2.75) is 46.5 Å². The predicted octanol–water partition coefficient (Wildman–Crippen LogP) is 3.47. The molecule has 1 rings (SSSR count). The molecular weight excluding hydrogens is 120 g/mol. The minimum atomic E-state index is 0.985. The Balaban J connectivity index is 2.33. The molecule has 0 nitrogen and oxygen atoms in total. The summed E-state index contributed by atoms with van der Waals surface area (Å²) in [5, 5.41) is 0. The Morgan fingerprint density at radius 2 is 1.80 bits per heavy atom. The van der Waals surface area contributed by atoms with Crippen molar-refractivity contribution in [1.29, 1.82) is 0 Å². The van der Waals surface area contributed by atoms with Crippen LogP contribution in [0.15, 0.2) is 0 Å². The Labute approximate surface area is 65.0 Å². The van der Waals surface area contributed by atoms with Crippen molar-refractivity contribution in [2.75, 3.05) is 0 Å². The average molecular weight is 140 g/mol. The van der Waals surface area contributed by atoms with E-state index in [1.807, 2.05) is 0 Å². The lowest BCUT2D eigenvalue weighted by molar-refractivity contribution is 0.204. The summed E-state index contributed by atoms with van der Waals surface area (Å²) in [7, 11) is 0. The van der Waals surface area contributed by atoms with Crippen molar-refractivity contribution < 1.29 is 0 Å². The van der Waals surface area contributed by atoms with Crippen LogP contribution in [0.2, 0.25) is 0 Å². The molecule has 0 N–H and O–H groups in total. The van der Waals surface area contributed by atoms with Gasteiger partial charge in [0, 0.05) is 0 Å². The van der Waals surface area contributed by atoms with Crippen LogP contribution in [0.25, 0.3) is 0 Å². The Morgan fingerprint density at radius 1 is 1.10 bits per heavy atom. The molecule has 0 heteroatoms. The Morgan fingerprint density at radius 3 is 2.30 bits per heavy atom. The SMILES string of the molecule is CC[C@@H]1CC[C@@H](C)[C@@H](C)C1. The molecule has 0 radical (unpaired) electrons. The largest absolute Gasteiger partial charge is 0.0651 e. The highest BCUT2D eigenvalue weighted by Gasteiger charge is 2.22. The minimum Gasteiger partial charge on any atom is -0.0651 e. The van der Waals surface area contributed by atoms with Crippen molar-refractivity contribution in [3.05, 3.63) is 0 Å². The molecule has 0 amide bonds. The lowest BCUT2D eigenvalue weighted by atomic mass is 9.75. The molecule has 60 valence electrons. The van der Waals surface area contributed by atoms with Crippen molar-refractivity contribution in [3.63, 3.8) is 0 Å². The van der Waals surface area contributed by atoms with E-state index in [4.69, 9.17) is 0 Å². The maximum Gasteiger partial charge on any atom is -0.0414 e. The first-order valence-electron chi connectivity index (χ1n) is 4.74. The van der Waals surface area contributed by atoms with Crippen molar-refractivity contribution >= 4 is 0 Å². The summed E-state index contributed by atoms with van der Waals surface area (Å²) in [6.45, 7) is 7.14. The molecule has 10 heavy (non-hydrogen) atoms. The van der Waals surface area contributed by atoms with Crippen molar-refractivity contribution in [3.8, 4) is 0 Å². The van der Waals surface area contributed by atoms with Gasteiger partial charge >= 0.3 is 0 Å². The third-order valence-corrected chi connectivity index (χ3v) is 3.28. The predicted molar refractivity (Wildman–Crippen MR) is 46.0 cm³/mol.